The van der Waals surface area contributed by atoms with Crippen LogP contribution in [0.15, 0.2) is 71.8 Å². The lowest BCUT2D eigenvalue weighted by Gasteiger charge is -2.13. The second kappa shape index (κ2) is 12.3. The van der Waals surface area contributed by atoms with Crippen molar-refractivity contribution in [3.63, 3.8) is 0 Å². The Hall–Kier alpha value is -4.04. The number of hydrogen-bond donors (Lipinski definition) is 2. The number of hydrogen-bond acceptors (Lipinski definition) is 6. The van der Waals surface area contributed by atoms with Gasteiger partial charge in [-0.2, -0.15) is 5.10 Å². The van der Waals surface area contributed by atoms with Gasteiger partial charge in [-0.25, -0.2) is 10.2 Å². The molecule has 0 aromatic heterocycles. The van der Waals surface area contributed by atoms with E-state index < -0.39 is 18.5 Å². The van der Waals surface area contributed by atoms with Crippen molar-refractivity contribution in [1.82, 2.24) is 5.43 Å². The third-order valence-corrected chi connectivity index (χ3v) is 4.73. The minimum Gasteiger partial charge on any atom is -0.490 e. The molecular weight excluding hydrogens is 460 g/mol. The number of nitrogens with one attached hydrogen (secondary N) is 1. The van der Waals surface area contributed by atoms with E-state index in [4.69, 9.17) is 30.9 Å². The molecular formula is C25H23ClN2O6. The fourth-order valence-electron chi connectivity index (χ4n) is 2.86. The van der Waals surface area contributed by atoms with Crippen LogP contribution in [0.3, 0.4) is 0 Å². The van der Waals surface area contributed by atoms with Gasteiger partial charge in [-0.3, -0.25) is 4.79 Å². The van der Waals surface area contributed by atoms with Crippen molar-refractivity contribution in [3.05, 3.63) is 88.4 Å². The Kier molecular flexibility index (Phi) is 8.88. The van der Waals surface area contributed by atoms with Crippen LogP contribution in [0, 0.1) is 0 Å². The highest BCUT2D eigenvalue weighted by Crippen LogP contribution is 2.29. The minimum atomic E-state index is -1.10. The summed E-state index contributed by atoms with van der Waals surface area (Å²) in [4.78, 5) is 23.1. The van der Waals surface area contributed by atoms with Crippen molar-refractivity contribution in [3.8, 4) is 17.2 Å². The number of halogens is 1. The third-order valence-electron chi connectivity index (χ3n) is 4.43. The van der Waals surface area contributed by atoms with E-state index in [2.05, 4.69) is 10.5 Å². The number of benzene rings is 3. The Bertz CT molecular complexity index is 1170. The van der Waals surface area contributed by atoms with Gasteiger partial charge in [0.25, 0.3) is 5.91 Å². The number of carboxylic acid groups (broad SMARTS) is 1. The molecule has 0 saturated carbocycles. The molecule has 0 fully saturated rings. The molecule has 0 atom stereocenters. The summed E-state index contributed by atoms with van der Waals surface area (Å²) in [7, 11) is 0. The maximum atomic E-state index is 12.5. The molecule has 0 spiro atoms. The Balaban J connectivity index is 1.62. The van der Waals surface area contributed by atoms with Crippen molar-refractivity contribution in [2.75, 3.05) is 13.2 Å². The summed E-state index contributed by atoms with van der Waals surface area (Å²) in [5.74, 6) is -0.306. The molecule has 1 amide bonds. The zero-order chi connectivity index (χ0) is 24.3. The average Bonchev–Trinajstić information content (AvgIpc) is 2.83. The van der Waals surface area contributed by atoms with Crippen LogP contribution in [-0.2, 0) is 11.4 Å². The van der Waals surface area contributed by atoms with E-state index in [1.54, 1.807) is 30.3 Å². The predicted octanol–water partition coefficient (Wildman–Crippen LogP) is 4.55. The van der Waals surface area contributed by atoms with Crippen molar-refractivity contribution in [2.24, 2.45) is 5.10 Å². The summed E-state index contributed by atoms with van der Waals surface area (Å²) in [5, 5.41) is 12.8. The Morgan fingerprint density at radius 3 is 2.44 bits per heavy atom. The summed E-state index contributed by atoms with van der Waals surface area (Å²) in [6.07, 6.45) is 1.41. The van der Waals surface area contributed by atoms with E-state index in [0.717, 1.165) is 5.56 Å². The molecule has 0 heterocycles. The molecule has 0 unspecified atom stereocenters. The SMILES string of the molecule is CCOc1cc(C(=O)N/N=C/c2ccc(OCC(=O)O)c(Cl)c2)ccc1OCc1ccccc1. The lowest BCUT2D eigenvalue weighted by molar-refractivity contribution is -0.139. The van der Waals surface area contributed by atoms with Gasteiger partial charge in [-0.1, -0.05) is 41.9 Å². The summed E-state index contributed by atoms with van der Waals surface area (Å²) >= 11 is 6.08. The van der Waals surface area contributed by atoms with Crippen LogP contribution in [0.2, 0.25) is 5.02 Å². The lowest BCUT2D eigenvalue weighted by atomic mass is 10.2. The van der Waals surface area contributed by atoms with E-state index in [-0.39, 0.29) is 10.8 Å². The lowest BCUT2D eigenvalue weighted by Crippen LogP contribution is -2.17. The van der Waals surface area contributed by atoms with Gasteiger partial charge in [0.15, 0.2) is 18.1 Å². The number of carboxylic acids is 1. The van der Waals surface area contributed by atoms with Crippen LogP contribution in [-0.4, -0.2) is 36.4 Å². The first-order valence-electron chi connectivity index (χ1n) is 10.4. The molecule has 0 aliphatic rings. The number of nitrogens with zero attached hydrogens (tertiary/aromatic N) is 1. The van der Waals surface area contributed by atoms with E-state index >= 15 is 0 Å². The Morgan fingerprint density at radius 2 is 1.74 bits per heavy atom. The topological polar surface area (TPSA) is 106 Å². The van der Waals surface area contributed by atoms with Gasteiger partial charge in [-0.05, 0) is 54.4 Å². The molecule has 0 aliphatic heterocycles. The van der Waals surface area contributed by atoms with Gasteiger partial charge in [0.05, 0.1) is 17.8 Å². The maximum absolute atomic E-state index is 12.5. The molecule has 9 heteroatoms. The minimum absolute atomic E-state index is 0.226. The van der Waals surface area contributed by atoms with Gasteiger partial charge in [0, 0.05) is 5.56 Å². The molecule has 2 N–H and O–H groups in total. The summed E-state index contributed by atoms with van der Waals surface area (Å²) in [6.45, 7) is 2.14. The van der Waals surface area contributed by atoms with Crippen molar-refractivity contribution < 1.29 is 28.9 Å². The van der Waals surface area contributed by atoms with Crippen LogP contribution >= 0.6 is 11.6 Å². The second-order valence-corrected chi connectivity index (χ2v) is 7.35. The first-order chi connectivity index (χ1) is 16.5. The summed E-state index contributed by atoms with van der Waals surface area (Å²) < 4.78 is 16.6. The molecule has 3 rings (SSSR count). The number of carbonyl (C=O) groups is 2. The number of amides is 1. The van der Waals surface area contributed by atoms with E-state index in [9.17, 15) is 9.59 Å². The van der Waals surface area contributed by atoms with Crippen LogP contribution < -0.4 is 19.6 Å². The van der Waals surface area contributed by atoms with Gasteiger partial charge < -0.3 is 19.3 Å². The smallest absolute Gasteiger partial charge is 0.341 e. The Morgan fingerprint density at radius 1 is 0.971 bits per heavy atom. The van der Waals surface area contributed by atoms with Crippen molar-refractivity contribution >= 4 is 29.7 Å². The zero-order valence-corrected chi connectivity index (χ0v) is 19.1. The molecule has 0 bridgehead atoms. The van der Waals surface area contributed by atoms with Crippen LogP contribution in [0.4, 0.5) is 0 Å². The number of rotatable bonds is 11. The van der Waals surface area contributed by atoms with Crippen LogP contribution in [0.25, 0.3) is 0 Å². The molecule has 8 nitrogen and oxygen atoms in total. The molecule has 0 saturated heterocycles. The molecule has 0 aliphatic carbocycles. The third kappa shape index (κ3) is 7.25. The molecule has 3 aromatic carbocycles. The van der Waals surface area contributed by atoms with Gasteiger partial charge >= 0.3 is 5.97 Å². The van der Waals surface area contributed by atoms with Crippen LogP contribution in [0.5, 0.6) is 17.2 Å². The highest BCUT2D eigenvalue weighted by molar-refractivity contribution is 6.32. The normalized spacial score (nSPS) is 10.6. The van der Waals surface area contributed by atoms with Gasteiger partial charge in [-0.15, -0.1) is 0 Å². The largest absolute Gasteiger partial charge is 0.490 e. The van der Waals surface area contributed by atoms with E-state index in [1.165, 1.54) is 12.3 Å². The molecule has 0 radical (unpaired) electrons. The summed E-state index contributed by atoms with van der Waals surface area (Å²) in [6, 6.07) is 19.3. The number of hydrazone groups is 1. The number of ether oxygens (including phenoxy) is 3. The van der Waals surface area contributed by atoms with E-state index in [0.29, 0.717) is 35.8 Å². The van der Waals surface area contributed by atoms with Crippen molar-refractivity contribution in [1.29, 1.82) is 0 Å². The highest BCUT2D eigenvalue weighted by Gasteiger charge is 2.12. The zero-order valence-electron chi connectivity index (χ0n) is 18.4. The molecule has 3 aromatic rings. The highest BCUT2D eigenvalue weighted by atomic mass is 35.5. The fraction of sp³-hybridized carbons (Fsp3) is 0.160. The predicted molar refractivity (Wildman–Crippen MR) is 128 cm³/mol. The van der Waals surface area contributed by atoms with Gasteiger partial charge in [0.1, 0.15) is 12.4 Å². The van der Waals surface area contributed by atoms with Crippen molar-refractivity contribution in [2.45, 2.75) is 13.5 Å². The maximum Gasteiger partial charge on any atom is 0.341 e. The first kappa shape index (κ1) is 24.6. The monoisotopic (exact) mass is 482 g/mol. The molecule has 34 heavy (non-hydrogen) atoms. The van der Waals surface area contributed by atoms with Crippen LogP contribution in [0.1, 0.15) is 28.4 Å². The standard InChI is InChI=1S/C25H23ClN2O6/c1-2-32-23-13-19(9-11-22(23)33-15-17-6-4-3-5-7-17)25(31)28-27-14-18-8-10-21(20(26)12-18)34-16-24(29)30/h3-14H,2,15-16H2,1H3,(H,28,31)(H,29,30)/b27-14+. The average molecular weight is 483 g/mol. The number of aliphatic carboxylic acids is 1. The number of carbonyl (C=O) groups excluding carboxylic acids is 1. The summed E-state index contributed by atoms with van der Waals surface area (Å²) in [5.41, 5.74) is 4.41. The van der Waals surface area contributed by atoms with Gasteiger partial charge in [0.2, 0.25) is 0 Å². The second-order valence-electron chi connectivity index (χ2n) is 6.94. The Labute approximate surface area is 201 Å². The molecule has 176 valence electrons. The fourth-order valence-corrected chi connectivity index (χ4v) is 3.10. The van der Waals surface area contributed by atoms with E-state index in [1.807, 2.05) is 37.3 Å². The first-order valence-corrected chi connectivity index (χ1v) is 10.7. The quantitative estimate of drug-likeness (QED) is 0.307.